The van der Waals surface area contributed by atoms with Crippen LogP contribution >= 0.6 is 15.9 Å². The Kier molecular flexibility index (Phi) is 4.16. The molecule has 0 bridgehead atoms. The number of rotatable bonds is 3. The van der Waals surface area contributed by atoms with E-state index in [1.165, 1.54) is 0 Å². The van der Waals surface area contributed by atoms with E-state index in [0.717, 1.165) is 21.2 Å². The van der Waals surface area contributed by atoms with Crippen LogP contribution in [0.3, 0.4) is 0 Å². The van der Waals surface area contributed by atoms with Crippen molar-refractivity contribution in [3.8, 4) is 5.75 Å². The van der Waals surface area contributed by atoms with Crippen LogP contribution in [0.1, 0.15) is 34.7 Å². The van der Waals surface area contributed by atoms with Gasteiger partial charge in [-0.05, 0) is 37.5 Å². The number of carboxylic acid groups (broad SMARTS) is 1. The molecule has 94 valence electrons. The number of carbonyl (C=O) groups is 1. The lowest BCUT2D eigenvalue weighted by molar-refractivity contribution is -0.137. The molecule has 1 rings (SSSR count). The third-order valence-corrected chi connectivity index (χ3v) is 4.19. The Morgan fingerprint density at radius 2 is 1.82 bits per heavy atom. The Bertz CT molecular complexity index is 442. The average molecular weight is 302 g/mol. The second-order valence-corrected chi connectivity index (χ2v) is 4.95. The lowest BCUT2D eigenvalue weighted by Gasteiger charge is -2.19. The van der Waals surface area contributed by atoms with E-state index in [1.54, 1.807) is 6.92 Å². The third-order valence-electron chi connectivity index (χ3n) is 3.00. The van der Waals surface area contributed by atoms with E-state index in [2.05, 4.69) is 15.9 Å². The molecule has 1 aromatic carbocycles. The van der Waals surface area contributed by atoms with Crippen molar-refractivity contribution in [2.45, 2.75) is 33.2 Å². The van der Waals surface area contributed by atoms with Crippen molar-refractivity contribution < 1.29 is 15.0 Å². The van der Waals surface area contributed by atoms with Crippen molar-refractivity contribution in [1.82, 2.24) is 0 Å². The molecule has 0 aliphatic heterocycles. The Hall–Kier alpha value is -1.07. The highest BCUT2D eigenvalue weighted by molar-refractivity contribution is 9.10. The summed E-state index contributed by atoms with van der Waals surface area (Å²) in [7, 11) is 0. The summed E-state index contributed by atoms with van der Waals surface area (Å²) >= 11 is 3.44. The first kappa shape index (κ1) is 14.0. The van der Waals surface area contributed by atoms with Gasteiger partial charge in [-0.2, -0.15) is 0 Å². The summed E-state index contributed by atoms with van der Waals surface area (Å²) in [5, 5.41) is 18.8. The smallest absolute Gasteiger partial charge is 0.305 e. The van der Waals surface area contributed by atoms with Gasteiger partial charge >= 0.3 is 5.97 Å². The molecule has 0 aliphatic carbocycles. The Labute approximate surface area is 109 Å². The molecule has 0 aliphatic rings. The summed E-state index contributed by atoms with van der Waals surface area (Å²) in [6, 6.07) is -0.705. The number of aliphatic carboxylic acids is 1. The molecule has 0 saturated carbocycles. The van der Waals surface area contributed by atoms with E-state index in [4.69, 9.17) is 10.8 Å². The summed E-state index contributed by atoms with van der Waals surface area (Å²) in [5.74, 6) is -0.886. The first-order chi connectivity index (χ1) is 7.77. The first-order valence-electron chi connectivity index (χ1n) is 5.22. The minimum Gasteiger partial charge on any atom is -0.507 e. The molecule has 0 aromatic heterocycles. The van der Waals surface area contributed by atoms with Gasteiger partial charge in [0, 0.05) is 16.1 Å². The van der Waals surface area contributed by atoms with Crippen LogP contribution < -0.4 is 5.73 Å². The largest absolute Gasteiger partial charge is 0.507 e. The van der Waals surface area contributed by atoms with Gasteiger partial charge in [0.1, 0.15) is 5.75 Å². The van der Waals surface area contributed by atoms with E-state index in [9.17, 15) is 9.90 Å². The van der Waals surface area contributed by atoms with Crippen LogP contribution in [-0.4, -0.2) is 16.2 Å². The lowest BCUT2D eigenvalue weighted by atomic mass is 9.93. The van der Waals surface area contributed by atoms with Crippen LogP contribution in [-0.2, 0) is 4.79 Å². The number of phenolic OH excluding ortho intramolecular Hbond substituents is 1. The summed E-state index contributed by atoms with van der Waals surface area (Å²) in [6.07, 6.45) is -0.205. The molecule has 5 heteroatoms. The maximum Gasteiger partial charge on any atom is 0.305 e. The van der Waals surface area contributed by atoms with Gasteiger partial charge in [0.2, 0.25) is 0 Å². The van der Waals surface area contributed by atoms with Gasteiger partial charge in [-0.3, -0.25) is 4.79 Å². The van der Waals surface area contributed by atoms with Crippen LogP contribution in [0.25, 0.3) is 0 Å². The highest BCUT2D eigenvalue weighted by Gasteiger charge is 2.21. The summed E-state index contributed by atoms with van der Waals surface area (Å²) in [4.78, 5) is 10.7. The van der Waals surface area contributed by atoms with Gasteiger partial charge in [-0.15, -0.1) is 0 Å². The summed E-state index contributed by atoms with van der Waals surface area (Å²) < 4.78 is 0.864. The average Bonchev–Trinajstić information content (AvgIpc) is 2.23. The molecule has 17 heavy (non-hydrogen) atoms. The Balaban J connectivity index is 3.38. The van der Waals surface area contributed by atoms with Gasteiger partial charge in [-0.25, -0.2) is 0 Å². The minimum atomic E-state index is -0.981. The fourth-order valence-electron chi connectivity index (χ4n) is 1.87. The van der Waals surface area contributed by atoms with Crippen molar-refractivity contribution in [3.63, 3.8) is 0 Å². The molecule has 4 nitrogen and oxygen atoms in total. The predicted octanol–water partition coefficient (Wildman–Crippen LogP) is 2.55. The molecule has 0 saturated heterocycles. The van der Waals surface area contributed by atoms with Gasteiger partial charge in [0.25, 0.3) is 0 Å². The molecule has 0 heterocycles. The molecule has 4 N–H and O–H groups in total. The first-order valence-corrected chi connectivity index (χ1v) is 6.02. The Morgan fingerprint density at radius 1 is 1.29 bits per heavy atom. The topological polar surface area (TPSA) is 83.6 Å². The molecular formula is C12H16BrNO3. The second-order valence-electron chi connectivity index (χ2n) is 4.16. The number of carboxylic acids is 1. The lowest BCUT2D eigenvalue weighted by Crippen LogP contribution is -2.17. The molecular weight excluding hydrogens is 286 g/mol. The van der Waals surface area contributed by atoms with Crippen LogP contribution in [0.15, 0.2) is 4.47 Å². The van der Waals surface area contributed by atoms with Crippen molar-refractivity contribution >= 4 is 21.9 Å². The van der Waals surface area contributed by atoms with Crippen LogP contribution in [0.5, 0.6) is 5.75 Å². The number of hydrogen-bond donors (Lipinski definition) is 3. The maximum atomic E-state index is 10.7. The van der Waals surface area contributed by atoms with Gasteiger partial charge in [0.15, 0.2) is 0 Å². The van der Waals surface area contributed by atoms with E-state index < -0.39 is 12.0 Å². The number of halogens is 1. The van der Waals surface area contributed by atoms with Crippen molar-refractivity contribution in [2.24, 2.45) is 5.73 Å². The molecule has 0 radical (unpaired) electrons. The standard InChI is InChI=1S/C12H16BrNO3/c1-5-6(2)12(17)10(7(3)11(5)13)8(14)4-9(15)16/h8,17H,4,14H2,1-3H3,(H,15,16). The normalized spacial score (nSPS) is 12.5. The predicted molar refractivity (Wildman–Crippen MR) is 69.2 cm³/mol. The highest BCUT2D eigenvalue weighted by Crippen LogP contribution is 2.38. The summed E-state index contributed by atoms with van der Waals surface area (Å²) in [6.45, 7) is 5.48. The molecule has 0 fully saturated rings. The maximum absolute atomic E-state index is 10.7. The zero-order chi connectivity index (χ0) is 13.3. The van der Waals surface area contributed by atoms with E-state index >= 15 is 0 Å². The van der Waals surface area contributed by atoms with E-state index in [0.29, 0.717) is 5.56 Å². The summed E-state index contributed by atoms with van der Waals surface area (Å²) in [5.41, 5.74) is 8.77. The fourth-order valence-corrected chi connectivity index (χ4v) is 2.38. The van der Waals surface area contributed by atoms with Crippen molar-refractivity contribution in [1.29, 1.82) is 0 Å². The number of phenols is 1. The fraction of sp³-hybridized carbons (Fsp3) is 0.417. The van der Waals surface area contributed by atoms with E-state index in [1.807, 2.05) is 13.8 Å². The van der Waals surface area contributed by atoms with Crippen LogP contribution in [0.4, 0.5) is 0 Å². The number of benzene rings is 1. The van der Waals surface area contributed by atoms with Crippen molar-refractivity contribution in [3.05, 3.63) is 26.7 Å². The number of aromatic hydroxyl groups is 1. The third kappa shape index (κ3) is 2.61. The number of hydrogen-bond acceptors (Lipinski definition) is 3. The monoisotopic (exact) mass is 301 g/mol. The van der Waals surface area contributed by atoms with Crippen molar-refractivity contribution in [2.75, 3.05) is 0 Å². The highest BCUT2D eigenvalue weighted by atomic mass is 79.9. The van der Waals surface area contributed by atoms with E-state index in [-0.39, 0.29) is 12.2 Å². The van der Waals surface area contributed by atoms with Gasteiger partial charge in [0.05, 0.1) is 6.42 Å². The quantitative estimate of drug-likeness (QED) is 0.801. The minimum absolute atomic E-state index is 0.0944. The SMILES string of the molecule is Cc1c(C)c(Br)c(C)c(C(N)CC(=O)O)c1O. The zero-order valence-electron chi connectivity index (χ0n) is 10.0. The van der Waals surface area contributed by atoms with Gasteiger partial charge < -0.3 is 15.9 Å². The van der Waals surface area contributed by atoms with Gasteiger partial charge in [-0.1, -0.05) is 15.9 Å². The number of nitrogens with two attached hydrogens (primary N) is 1. The zero-order valence-corrected chi connectivity index (χ0v) is 11.6. The Morgan fingerprint density at radius 3 is 2.29 bits per heavy atom. The molecule has 0 spiro atoms. The molecule has 0 amide bonds. The molecule has 1 unspecified atom stereocenters. The van der Waals surface area contributed by atoms with Crippen LogP contribution in [0.2, 0.25) is 0 Å². The van der Waals surface area contributed by atoms with Crippen LogP contribution in [0, 0.1) is 20.8 Å². The second kappa shape index (κ2) is 5.06. The molecule has 1 aromatic rings. The molecule has 1 atom stereocenters.